The molecule has 20 heavy (non-hydrogen) atoms. The van der Waals surface area contributed by atoms with Gasteiger partial charge >= 0.3 is 0 Å². The van der Waals surface area contributed by atoms with Crippen LogP contribution in [0.3, 0.4) is 0 Å². The zero-order valence-corrected chi connectivity index (χ0v) is 13.4. The van der Waals surface area contributed by atoms with E-state index in [9.17, 15) is 0 Å². The molecule has 0 spiro atoms. The number of nitrogens with one attached hydrogen (secondary N) is 1. The average Bonchev–Trinajstić information content (AvgIpc) is 2.85. The molecule has 104 valence electrons. The standard InChI is InChI=1S/C16H17ClN2S/c1-16(2,3)15-7-6-13(20-15)10-19-12-5-4-11(9-18)14(17)8-12/h4-8,19H,10H2,1-3H3. The number of halogens is 1. The van der Waals surface area contributed by atoms with Crippen molar-refractivity contribution < 1.29 is 0 Å². The second kappa shape index (κ2) is 5.87. The van der Waals surface area contributed by atoms with Crippen molar-refractivity contribution in [1.29, 1.82) is 5.26 Å². The lowest BCUT2D eigenvalue weighted by Crippen LogP contribution is -2.07. The van der Waals surface area contributed by atoms with Crippen LogP contribution < -0.4 is 5.32 Å². The second-order valence-corrected chi connectivity index (χ2v) is 7.25. The summed E-state index contributed by atoms with van der Waals surface area (Å²) in [5, 5.41) is 12.7. The largest absolute Gasteiger partial charge is 0.380 e. The fourth-order valence-electron chi connectivity index (χ4n) is 1.78. The summed E-state index contributed by atoms with van der Waals surface area (Å²) < 4.78 is 0. The summed E-state index contributed by atoms with van der Waals surface area (Å²) in [5.41, 5.74) is 1.63. The molecule has 0 saturated heterocycles. The van der Waals surface area contributed by atoms with Gasteiger partial charge in [-0.3, -0.25) is 0 Å². The van der Waals surface area contributed by atoms with Gasteiger partial charge in [0.2, 0.25) is 0 Å². The summed E-state index contributed by atoms with van der Waals surface area (Å²) in [5.74, 6) is 0. The van der Waals surface area contributed by atoms with Crippen LogP contribution in [0.15, 0.2) is 30.3 Å². The Labute approximate surface area is 129 Å². The maximum atomic E-state index is 8.84. The van der Waals surface area contributed by atoms with Gasteiger partial charge in [-0.15, -0.1) is 11.3 Å². The summed E-state index contributed by atoms with van der Waals surface area (Å²) in [6.45, 7) is 7.42. The van der Waals surface area contributed by atoms with Crippen molar-refractivity contribution in [2.24, 2.45) is 0 Å². The predicted molar refractivity (Wildman–Crippen MR) is 86.5 cm³/mol. The average molecular weight is 305 g/mol. The van der Waals surface area contributed by atoms with E-state index in [0.717, 1.165) is 12.2 Å². The Morgan fingerprint density at radius 3 is 2.55 bits per heavy atom. The Bertz CT molecular complexity index is 647. The highest BCUT2D eigenvalue weighted by Crippen LogP contribution is 2.30. The van der Waals surface area contributed by atoms with Gasteiger partial charge in [-0.1, -0.05) is 32.4 Å². The molecule has 0 aliphatic carbocycles. The number of rotatable bonds is 3. The first-order valence-corrected chi connectivity index (χ1v) is 7.62. The van der Waals surface area contributed by atoms with Crippen molar-refractivity contribution >= 4 is 28.6 Å². The molecule has 0 atom stereocenters. The van der Waals surface area contributed by atoms with Crippen LogP contribution in [-0.2, 0) is 12.0 Å². The van der Waals surface area contributed by atoms with Crippen molar-refractivity contribution in [3.8, 4) is 6.07 Å². The van der Waals surface area contributed by atoms with E-state index in [2.05, 4.69) is 44.3 Å². The molecule has 2 nitrogen and oxygen atoms in total. The highest BCUT2D eigenvalue weighted by atomic mass is 35.5. The molecular weight excluding hydrogens is 288 g/mol. The lowest BCUT2D eigenvalue weighted by Gasteiger charge is -2.15. The fourth-order valence-corrected chi connectivity index (χ4v) is 3.01. The third-order valence-electron chi connectivity index (χ3n) is 2.96. The van der Waals surface area contributed by atoms with Crippen molar-refractivity contribution in [3.05, 3.63) is 50.7 Å². The zero-order valence-electron chi connectivity index (χ0n) is 11.8. The van der Waals surface area contributed by atoms with Crippen molar-refractivity contribution in [2.45, 2.75) is 32.7 Å². The maximum Gasteiger partial charge on any atom is 0.101 e. The lowest BCUT2D eigenvalue weighted by molar-refractivity contribution is 0.604. The van der Waals surface area contributed by atoms with Crippen LogP contribution in [0.25, 0.3) is 0 Å². The van der Waals surface area contributed by atoms with Gasteiger partial charge in [-0.05, 0) is 35.7 Å². The van der Waals surface area contributed by atoms with Crippen molar-refractivity contribution in [1.82, 2.24) is 0 Å². The van der Waals surface area contributed by atoms with E-state index in [1.54, 1.807) is 12.1 Å². The third-order valence-corrected chi connectivity index (χ3v) is 4.78. The van der Waals surface area contributed by atoms with Crippen LogP contribution in [0.4, 0.5) is 5.69 Å². The van der Waals surface area contributed by atoms with Gasteiger partial charge < -0.3 is 5.32 Å². The molecule has 0 aliphatic rings. The summed E-state index contributed by atoms with van der Waals surface area (Å²) in [6, 6.07) is 11.8. The first-order valence-electron chi connectivity index (χ1n) is 6.43. The van der Waals surface area contributed by atoms with Crippen LogP contribution in [0.1, 0.15) is 36.1 Å². The summed E-state index contributed by atoms with van der Waals surface area (Å²) in [4.78, 5) is 2.67. The zero-order chi connectivity index (χ0) is 14.8. The number of benzene rings is 1. The minimum Gasteiger partial charge on any atom is -0.380 e. The minimum absolute atomic E-state index is 0.195. The molecule has 1 aromatic heterocycles. The van der Waals surface area contributed by atoms with Gasteiger partial charge in [-0.2, -0.15) is 5.26 Å². The van der Waals surface area contributed by atoms with Gasteiger partial charge in [0.05, 0.1) is 10.6 Å². The second-order valence-electron chi connectivity index (χ2n) is 5.68. The molecule has 0 unspecified atom stereocenters. The molecule has 0 fully saturated rings. The number of hydrogen-bond donors (Lipinski definition) is 1. The van der Waals surface area contributed by atoms with Crippen LogP contribution in [0.5, 0.6) is 0 Å². The van der Waals surface area contributed by atoms with Gasteiger partial charge in [-0.25, -0.2) is 0 Å². The highest BCUT2D eigenvalue weighted by molar-refractivity contribution is 7.12. The van der Waals surface area contributed by atoms with Crippen LogP contribution >= 0.6 is 22.9 Å². The lowest BCUT2D eigenvalue weighted by atomic mass is 9.95. The highest BCUT2D eigenvalue weighted by Gasteiger charge is 2.15. The van der Waals surface area contributed by atoms with Crippen molar-refractivity contribution in [2.75, 3.05) is 5.32 Å². The molecule has 2 aromatic rings. The first-order chi connectivity index (χ1) is 9.40. The Morgan fingerprint density at radius 1 is 1.25 bits per heavy atom. The van der Waals surface area contributed by atoms with Crippen LogP contribution in [0, 0.1) is 11.3 Å². The number of hydrogen-bond acceptors (Lipinski definition) is 3. The normalized spacial score (nSPS) is 11.2. The molecule has 0 bridgehead atoms. The molecule has 1 aromatic carbocycles. The Hall–Kier alpha value is -1.50. The van der Waals surface area contributed by atoms with Gasteiger partial charge in [0, 0.05) is 22.0 Å². The van der Waals surface area contributed by atoms with E-state index in [1.165, 1.54) is 9.75 Å². The molecule has 0 aliphatic heterocycles. The van der Waals surface area contributed by atoms with Crippen LogP contribution in [-0.4, -0.2) is 0 Å². The molecule has 0 saturated carbocycles. The Balaban J connectivity index is 2.04. The smallest absolute Gasteiger partial charge is 0.101 e. The van der Waals surface area contributed by atoms with E-state index in [-0.39, 0.29) is 5.41 Å². The molecule has 4 heteroatoms. The monoisotopic (exact) mass is 304 g/mol. The molecule has 2 rings (SSSR count). The maximum absolute atomic E-state index is 8.84. The molecule has 1 N–H and O–H groups in total. The molecule has 0 amide bonds. The predicted octanol–water partition coefficient (Wildman–Crippen LogP) is 5.18. The number of thiophene rings is 1. The molecule has 1 heterocycles. The number of anilines is 1. The SMILES string of the molecule is CC(C)(C)c1ccc(CNc2ccc(C#N)c(Cl)c2)s1. The number of nitriles is 1. The van der Waals surface area contributed by atoms with E-state index in [1.807, 2.05) is 17.4 Å². The minimum atomic E-state index is 0.195. The summed E-state index contributed by atoms with van der Waals surface area (Å²) >= 11 is 7.84. The van der Waals surface area contributed by atoms with E-state index in [4.69, 9.17) is 16.9 Å². The molecule has 0 radical (unpaired) electrons. The fraction of sp³-hybridized carbons (Fsp3) is 0.312. The number of nitrogens with zero attached hydrogens (tertiary/aromatic N) is 1. The Kier molecular flexibility index (Phi) is 4.37. The summed E-state index contributed by atoms with van der Waals surface area (Å²) in [7, 11) is 0. The van der Waals surface area contributed by atoms with Crippen molar-refractivity contribution in [3.63, 3.8) is 0 Å². The Morgan fingerprint density at radius 2 is 2.00 bits per heavy atom. The van der Waals surface area contributed by atoms with Gasteiger partial charge in [0.1, 0.15) is 6.07 Å². The first kappa shape index (κ1) is 14.9. The van der Waals surface area contributed by atoms with Crippen LogP contribution in [0.2, 0.25) is 5.02 Å². The van der Waals surface area contributed by atoms with E-state index < -0.39 is 0 Å². The quantitative estimate of drug-likeness (QED) is 0.847. The summed E-state index contributed by atoms with van der Waals surface area (Å²) in [6.07, 6.45) is 0. The molecular formula is C16H17ClN2S. The van der Waals surface area contributed by atoms with E-state index >= 15 is 0 Å². The van der Waals surface area contributed by atoms with Gasteiger partial charge in [0.25, 0.3) is 0 Å². The topological polar surface area (TPSA) is 35.8 Å². The van der Waals surface area contributed by atoms with Gasteiger partial charge in [0.15, 0.2) is 0 Å². The third kappa shape index (κ3) is 3.53. The van der Waals surface area contributed by atoms with E-state index in [0.29, 0.717) is 10.6 Å².